The molecule has 0 aliphatic carbocycles. The van der Waals surface area contributed by atoms with Crippen LogP contribution in [0.4, 0.5) is 0 Å². The first-order valence-electron chi connectivity index (χ1n) is 6.99. The average molecular weight is 299 g/mol. The third kappa shape index (κ3) is 6.45. The van der Waals surface area contributed by atoms with Crippen LogP contribution in [0.2, 0.25) is 0 Å². The van der Waals surface area contributed by atoms with Gasteiger partial charge in [0.25, 0.3) is 0 Å². The highest BCUT2D eigenvalue weighted by atomic mass is 32.2. The number of aromatic nitrogens is 1. The fourth-order valence-corrected chi connectivity index (χ4v) is 2.95. The highest BCUT2D eigenvalue weighted by Gasteiger charge is 2.17. The molecule has 5 nitrogen and oxygen atoms in total. The van der Waals surface area contributed by atoms with E-state index in [1.165, 1.54) is 4.31 Å². The number of nitrogens with zero attached hydrogens (tertiary/aromatic N) is 2. The molecule has 20 heavy (non-hydrogen) atoms. The summed E-state index contributed by atoms with van der Waals surface area (Å²) in [5, 5.41) is 3.22. The molecule has 0 saturated carbocycles. The number of hydrogen-bond acceptors (Lipinski definition) is 4. The van der Waals surface area contributed by atoms with Gasteiger partial charge in [0.2, 0.25) is 10.0 Å². The van der Waals surface area contributed by atoms with Gasteiger partial charge in [-0.15, -0.1) is 0 Å². The summed E-state index contributed by atoms with van der Waals surface area (Å²) >= 11 is 0. The van der Waals surface area contributed by atoms with Gasteiger partial charge in [0, 0.05) is 37.9 Å². The molecule has 0 fully saturated rings. The van der Waals surface area contributed by atoms with Gasteiger partial charge in [0.1, 0.15) is 0 Å². The van der Waals surface area contributed by atoms with Gasteiger partial charge in [-0.05, 0) is 25.1 Å². The summed E-state index contributed by atoms with van der Waals surface area (Å²) in [5.74, 6) is 0.186. The maximum Gasteiger partial charge on any atom is 0.213 e. The Labute approximate surface area is 122 Å². The molecule has 0 saturated heterocycles. The van der Waals surface area contributed by atoms with Gasteiger partial charge in [0.05, 0.1) is 5.75 Å². The van der Waals surface area contributed by atoms with Crippen LogP contribution in [0, 0.1) is 0 Å². The molecule has 0 amide bonds. The predicted molar refractivity (Wildman–Crippen MR) is 82.1 cm³/mol. The summed E-state index contributed by atoms with van der Waals surface area (Å²) in [6.07, 6.45) is 3.00. The molecule has 0 aliphatic heterocycles. The van der Waals surface area contributed by atoms with E-state index in [1.54, 1.807) is 13.2 Å². The molecular weight excluding hydrogens is 274 g/mol. The maximum absolute atomic E-state index is 12.1. The number of nitrogens with one attached hydrogen (secondary N) is 1. The summed E-state index contributed by atoms with van der Waals surface area (Å²) in [6.45, 7) is 5.29. The molecule has 0 unspecified atom stereocenters. The van der Waals surface area contributed by atoms with Gasteiger partial charge in [-0.25, -0.2) is 12.7 Å². The predicted octanol–water partition coefficient (Wildman–Crippen LogP) is 1.27. The van der Waals surface area contributed by atoms with Crippen molar-refractivity contribution in [2.45, 2.75) is 32.7 Å². The van der Waals surface area contributed by atoms with Gasteiger partial charge < -0.3 is 5.32 Å². The van der Waals surface area contributed by atoms with E-state index in [0.717, 1.165) is 12.2 Å². The Morgan fingerprint density at radius 3 is 2.70 bits per heavy atom. The molecule has 1 N–H and O–H groups in total. The third-order valence-corrected chi connectivity index (χ3v) is 4.95. The number of hydrogen-bond donors (Lipinski definition) is 1. The summed E-state index contributed by atoms with van der Waals surface area (Å²) in [7, 11) is -1.53. The van der Waals surface area contributed by atoms with E-state index in [-0.39, 0.29) is 5.75 Å². The third-order valence-electron chi connectivity index (χ3n) is 3.02. The van der Waals surface area contributed by atoms with Crippen LogP contribution >= 0.6 is 0 Å². The van der Waals surface area contributed by atoms with Crippen molar-refractivity contribution in [1.82, 2.24) is 14.6 Å². The zero-order valence-corrected chi connectivity index (χ0v) is 13.4. The van der Waals surface area contributed by atoms with Crippen molar-refractivity contribution in [3.63, 3.8) is 0 Å². The van der Waals surface area contributed by atoms with E-state index in [9.17, 15) is 8.42 Å². The largest absolute Gasteiger partial charge is 0.314 e. The lowest BCUT2D eigenvalue weighted by Gasteiger charge is -2.17. The molecule has 1 aromatic rings. The van der Waals surface area contributed by atoms with Crippen LogP contribution in [0.5, 0.6) is 0 Å². The summed E-state index contributed by atoms with van der Waals surface area (Å²) < 4.78 is 25.6. The first kappa shape index (κ1) is 17.1. The first-order chi connectivity index (χ1) is 9.42. The Morgan fingerprint density at radius 2 is 2.10 bits per heavy atom. The van der Waals surface area contributed by atoms with E-state index >= 15 is 0 Å². The Morgan fingerprint density at radius 1 is 1.35 bits per heavy atom. The Bertz CT molecular complexity index is 474. The standard InChI is InChI=1S/C14H25N3O2S/c1-13(2)15-10-6-12-20(18,19)17(3)11-8-14-7-4-5-9-16-14/h4-5,7,9,13,15H,6,8,10-12H2,1-3H3. The van der Waals surface area contributed by atoms with Gasteiger partial charge in [0.15, 0.2) is 0 Å². The minimum atomic E-state index is -3.16. The second-order valence-electron chi connectivity index (χ2n) is 5.17. The molecule has 0 spiro atoms. The second kappa shape index (κ2) is 8.34. The van der Waals surface area contributed by atoms with Crippen molar-refractivity contribution < 1.29 is 8.42 Å². The highest BCUT2D eigenvalue weighted by Crippen LogP contribution is 2.03. The van der Waals surface area contributed by atoms with E-state index in [4.69, 9.17) is 0 Å². The molecule has 0 bridgehead atoms. The van der Waals surface area contributed by atoms with Crippen molar-refractivity contribution in [3.8, 4) is 0 Å². The molecule has 114 valence electrons. The molecule has 0 aliphatic rings. The minimum absolute atomic E-state index is 0.186. The smallest absolute Gasteiger partial charge is 0.213 e. The van der Waals surface area contributed by atoms with Crippen LogP contribution in [-0.4, -0.2) is 49.6 Å². The zero-order chi connectivity index (χ0) is 15.0. The summed E-state index contributed by atoms with van der Waals surface area (Å²) in [5.41, 5.74) is 0.913. The molecule has 0 radical (unpaired) electrons. The second-order valence-corrected chi connectivity index (χ2v) is 7.37. The topological polar surface area (TPSA) is 62.3 Å². The van der Waals surface area contributed by atoms with Crippen molar-refractivity contribution >= 4 is 10.0 Å². The fourth-order valence-electron chi connectivity index (χ4n) is 1.76. The van der Waals surface area contributed by atoms with E-state index in [2.05, 4.69) is 10.3 Å². The van der Waals surface area contributed by atoms with Crippen LogP contribution in [0.3, 0.4) is 0 Å². The zero-order valence-electron chi connectivity index (χ0n) is 12.5. The summed E-state index contributed by atoms with van der Waals surface area (Å²) in [4.78, 5) is 4.20. The quantitative estimate of drug-likeness (QED) is 0.698. The normalized spacial score (nSPS) is 12.2. The molecule has 0 aromatic carbocycles. The van der Waals surface area contributed by atoms with Crippen LogP contribution in [-0.2, 0) is 16.4 Å². The van der Waals surface area contributed by atoms with Gasteiger partial charge in [-0.3, -0.25) is 4.98 Å². The SMILES string of the molecule is CC(C)NCCCS(=O)(=O)N(C)CCc1ccccn1. The number of rotatable bonds is 9. The highest BCUT2D eigenvalue weighted by molar-refractivity contribution is 7.89. The van der Waals surface area contributed by atoms with Gasteiger partial charge in [-0.2, -0.15) is 0 Å². The first-order valence-corrected chi connectivity index (χ1v) is 8.60. The Balaban J connectivity index is 2.35. The van der Waals surface area contributed by atoms with Crippen LogP contribution < -0.4 is 5.32 Å². The molecule has 1 heterocycles. The van der Waals surface area contributed by atoms with Crippen molar-refractivity contribution in [2.24, 2.45) is 0 Å². The van der Waals surface area contributed by atoms with Gasteiger partial charge >= 0.3 is 0 Å². The monoisotopic (exact) mass is 299 g/mol. The number of pyridine rings is 1. The van der Waals surface area contributed by atoms with Crippen molar-refractivity contribution in [3.05, 3.63) is 30.1 Å². The Kier molecular flexibility index (Phi) is 7.12. The van der Waals surface area contributed by atoms with E-state index < -0.39 is 10.0 Å². The lowest BCUT2D eigenvalue weighted by Crippen LogP contribution is -2.33. The van der Waals surface area contributed by atoms with Gasteiger partial charge in [-0.1, -0.05) is 19.9 Å². The van der Waals surface area contributed by atoms with Crippen LogP contribution in [0.25, 0.3) is 0 Å². The molecule has 1 aromatic heterocycles. The van der Waals surface area contributed by atoms with Crippen LogP contribution in [0.15, 0.2) is 24.4 Å². The van der Waals surface area contributed by atoms with E-state index in [1.807, 2.05) is 32.0 Å². The molecule has 0 atom stereocenters. The average Bonchev–Trinajstić information content (AvgIpc) is 2.42. The number of likely N-dealkylation sites (N-methyl/N-ethyl adjacent to an activating group) is 1. The fraction of sp³-hybridized carbons (Fsp3) is 0.643. The lowest BCUT2D eigenvalue weighted by atomic mass is 10.3. The van der Waals surface area contributed by atoms with E-state index in [0.29, 0.717) is 25.4 Å². The summed E-state index contributed by atoms with van der Waals surface area (Å²) in [6, 6.07) is 6.06. The molecule has 6 heteroatoms. The van der Waals surface area contributed by atoms with Crippen molar-refractivity contribution in [2.75, 3.05) is 25.9 Å². The minimum Gasteiger partial charge on any atom is -0.314 e. The Hall–Kier alpha value is -0.980. The van der Waals surface area contributed by atoms with Crippen LogP contribution in [0.1, 0.15) is 26.0 Å². The number of sulfonamides is 1. The molecular formula is C14H25N3O2S. The van der Waals surface area contributed by atoms with Crippen molar-refractivity contribution in [1.29, 1.82) is 0 Å². The molecule has 1 rings (SSSR count). The lowest BCUT2D eigenvalue weighted by molar-refractivity contribution is 0.467. The maximum atomic E-state index is 12.1.